The van der Waals surface area contributed by atoms with Crippen LogP contribution in [-0.2, 0) is 57.1 Å². The molecule has 0 aromatic carbocycles. The van der Waals surface area contributed by atoms with Gasteiger partial charge in [-0.15, -0.1) is 0 Å². The van der Waals surface area contributed by atoms with E-state index in [2.05, 4.69) is 13.6 Å². The van der Waals surface area contributed by atoms with Crippen LogP contribution in [0, 0.1) is 13.2 Å². The predicted octanol–water partition coefficient (Wildman–Crippen LogP) is 1.50. The molecule has 0 spiro atoms. The average Bonchev–Trinajstić information content (AvgIpc) is 1.90. The Labute approximate surface area is 91.5 Å². The van der Waals surface area contributed by atoms with E-state index in [0.717, 1.165) is 0 Å². The van der Waals surface area contributed by atoms with Gasteiger partial charge in [0, 0.05) is 46.1 Å². The van der Waals surface area contributed by atoms with Crippen LogP contribution in [-0.4, -0.2) is 7.11 Å². The molecule has 1 aliphatic heterocycles. The van der Waals surface area contributed by atoms with E-state index >= 15 is 0 Å². The first-order valence-corrected chi connectivity index (χ1v) is 3.89. The third kappa shape index (κ3) is 4.82. The maximum atomic E-state index is 10.9. The van der Waals surface area contributed by atoms with E-state index in [-0.39, 0.29) is 39.0 Å². The van der Waals surface area contributed by atoms with Gasteiger partial charge in [0.05, 0.1) is 0 Å². The first-order valence-electron chi connectivity index (χ1n) is 2.43. The first-order chi connectivity index (χ1) is 4.27. The Morgan fingerprint density at radius 1 is 1.36 bits per heavy atom. The van der Waals surface area contributed by atoms with E-state index in [1.54, 1.807) is 0 Å². The Bertz CT molecular complexity index is 132. The zero-order chi connectivity index (χ0) is 6.74. The normalized spacial score (nSPS) is 21.2. The van der Waals surface area contributed by atoms with Crippen molar-refractivity contribution in [2.75, 3.05) is 7.11 Å². The molecule has 7 heteroatoms. The molecule has 0 unspecified atom stereocenters. The first kappa shape index (κ1) is 14.9. The van der Waals surface area contributed by atoms with Crippen molar-refractivity contribution in [2.45, 2.75) is 6.42 Å². The van der Waals surface area contributed by atoms with Gasteiger partial charge in [-0.2, -0.15) is 0 Å². The summed E-state index contributed by atoms with van der Waals surface area (Å²) in [5, 5.41) is 0. The van der Waals surface area contributed by atoms with Gasteiger partial charge in [-0.25, -0.2) is 17.8 Å². The molecule has 0 aromatic rings. The third-order valence-electron chi connectivity index (χ3n) is 0.823. The molecular formula is C4H7O4PRh2-2. The van der Waals surface area contributed by atoms with Crippen LogP contribution in [0.25, 0.3) is 0 Å². The molecule has 4 nitrogen and oxygen atoms in total. The maximum Gasteiger partial charge on any atom is 0.412 e. The fourth-order valence-corrected chi connectivity index (χ4v) is 1.18. The smallest absolute Gasteiger partial charge is 0.412 e. The molecular weight excluding hydrogens is 349 g/mol. The van der Waals surface area contributed by atoms with E-state index in [9.17, 15) is 4.57 Å². The van der Waals surface area contributed by atoms with Gasteiger partial charge in [0.2, 0.25) is 0 Å². The summed E-state index contributed by atoms with van der Waals surface area (Å²) in [6.45, 7) is 2.77. The molecule has 72 valence electrons. The van der Waals surface area contributed by atoms with E-state index in [4.69, 9.17) is 0 Å². The van der Waals surface area contributed by atoms with Crippen molar-refractivity contribution >= 4 is 7.82 Å². The molecule has 2 radical (unpaired) electrons. The van der Waals surface area contributed by atoms with Gasteiger partial charge < -0.3 is 9.05 Å². The Balaban J connectivity index is 0. The van der Waals surface area contributed by atoms with Crippen molar-refractivity contribution in [1.29, 1.82) is 0 Å². The van der Waals surface area contributed by atoms with E-state index in [0.29, 0.717) is 6.42 Å². The van der Waals surface area contributed by atoms with Crippen LogP contribution in [0.3, 0.4) is 0 Å². The van der Waals surface area contributed by atoms with E-state index < -0.39 is 7.82 Å². The van der Waals surface area contributed by atoms with Crippen molar-refractivity contribution in [2.24, 2.45) is 0 Å². The molecule has 0 N–H and O–H groups in total. The fourth-order valence-electron chi connectivity index (χ4n) is 0.419. The van der Waals surface area contributed by atoms with Gasteiger partial charge in [0.25, 0.3) is 0 Å². The number of rotatable bonds is 1. The molecule has 0 atom stereocenters. The van der Waals surface area contributed by atoms with Crippen LogP contribution in [0.1, 0.15) is 6.42 Å². The molecule has 0 amide bonds. The van der Waals surface area contributed by atoms with Crippen molar-refractivity contribution in [3.63, 3.8) is 0 Å². The van der Waals surface area contributed by atoms with Crippen LogP contribution in [0.15, 0.2) is 0 Å². The van der Waals surface area contributed by atoms with Gasteiger partial charge >= 0.3 is 7.82 Å². The van der Waals surface area contributed by atoms with Crippen LogP contribution in [0.4, 0.5) is 0 Å². The molecule has 0 aromatic heterocycles. The Hall–Kier alpha value is 1.36. The van der Waals surface area contributed by atoms with E-state index in [1.807, 2.05) is 0 Å². The fraction of sp³-hybridized carbons (Fsp3) is 0.500. The minimum absolute atomic E-state index is 0. The molecule has 11 heavy (non-hydrogen) atoms. The van der Waals surface area contributed by atoms with Crippen molar-refractivity contribution in [3.8, 4) is 0 Å². The second-order valence-electron chi connectivity index (χ2n) is 1.41. The van der Waals surface area contributed by atoms with Gasteiger partial charge in [-0.05, 0) is 0 Å². The second kappa shape index (κ2) is 6.83. The summed E-state index contributed by atoms with van der Waals surface area (Å²) in [5.41, 5.74) is 0. The summed E-state index contributed by atoms with van der Waals surface area (Å²) in [6.07, 6.45) is 0.535. The number of hydrogen-bond donors (Lipinski definition) is 0. The zero-order valence-corrected chi connectivity index (χ0v) is 9.78. The average molecular weight is 356 g/mol. The third-order valence-corrected chi connectivity index (χ3v) is 2.09. The summed E-state index contributed by atoms with van der Waals surface area (Å²) in [6, 6.07) is 0. The van der Waals surface area contributed by atoms with Crippen LogP contribution < -0.4 is 0 Å². The van der Waals surface area contributed by atoms with Crippen LogP contribution in [0.5, 0.6) is 0 Å². The second-order valence-corrected chi connectivity index (χ2v) is 3.09. The minimum atomic E-state index is -3.21. The Kier molecular flexibility index (Phi) is 9.22. The van der Waals surface area contributed by atoms with Gasteiger partial charge in [0.1, 0.15) is 0 Å². The largest absolute Gasteiger partial charge is 0.468 e. The molecule has 1 heterocycles. The summed E-state index contributed by atoms with van der Waals surface area (Å²) < 4.78 is 24.4. The Morgan fingerprint density at radius 3 is 2.09 bits per heavy atom. The van der Waals surface area contributed by atoms with Gasteiger partial charge in [0.15, 0.2) is 0 Å². The van der Waals surface area contributed by atoms with Gasteiger partial charge in [-0.1, -0.05) is 0 Å². The molecule has 1 fully saturated rings. The molecule has 1 saturated heterocycles. The van der Waals surface area contributed by atoms with Crippen LogP contribution in [0.2, 0.25) is 0 Å². The number of phosphoric acid groups is 1. The SMILES string of the molecule is COP1(=O)O[CH-]C[CH-]O1.[Rh].[Rh]. The standard InChI is InChI=1S/C4H7O4P.2Rh/c1-6-9(5)7-3-2-4-8-9;;/h3-4H,2H2,1H3;;/q-2;;. The summed E-state index contributed by atoms with van der Waals surface area (Å²) in [7, 11) is -1.93. The summed E-state index contributed by atoms with van der Waals surface area (Å²) >= 11 is 0. The molecule has 0 bridgehead atoms. The van der Waals surface area contributed by atoms with Crippen molar-refractivity contribution in [1.82, 2.24) is 0 Å². The molecule has 0 saturated carbocycles. The van der Waals surface area contributed by atoms with Crippen molar-refractivity contribution in [3.05, 3.63) is 13.2 Å². The summed E-state index contributed by atoms with van der Waals surface area (Å²) in [4.78, 5) is 0. The Morgan fingerprint density at radius 2 is 1.82 bits per heavy atom. The van der Waals surface area contributed by atoms with E-state index in [1.165, 1.54) is 20.3 Å². The van der Waals surface area contributed by atoms with Crippen molar-refractivity contribution < 1.29 is 57.1 Å². The quantitative estimate of drug-likeness (QED) is 0.406. The summed E-state index contributed by atoms with van der Waals surface area (Å²) in [5.74, 6) is 0. The number of hydrogen-bond acceptors (Lipinski definition) is 4. The molecule has 0 aliphatic carbocycles. The monoisotopic (exact) mass is 356 g/mol. The predicted molar refractivity (Wildman–Crippen MR) is 30.0 cm³/mol. The van der Waals surface area contributed by atoms with Gasteiger partial charge in [-0.3, -0.25) is 10.9 Å². The maximum absolute atomic E-state index is 10.9. The minimum Gasteiger partial charge on any atom is -0.468 e. The topological polar surface area (TPSA) is 44.8 Å². The number of phosphoric ester groups is 1. The van der Waals surface area contributed by atoms with Crippen LogP contribution >= 0.6 is 7.82 Å². The molecule has 1 rings (SSSR count). The molecule has 1 aliphatic rings. The zero-order valence-electron chi connectivity index (χ0n) is 5.61.